The van der Waals surface area contributed by atoms with Gasteiger partial charge in [0.05, 0.1) is 18.1 Å². The molecule has 5 rings (SSSR count). The molecule has 34 heavy (non-hydrogen) atoms. The third kappa shape index (κ3) is 3.80. The first-order chi connectivity index (χ1) is 16.5. The van der Waals surface area contributed by atoms with Crippen molar-refractivity contribution in [2.24, 2.45) is 5.73 Å². The molecule has 0 spiro atoms. The monoisotopic (exact) mass is 480 g/mol. The summed E-state index contributed by atoms with van der Waals surface area (Å²) < 4.78 is 41.5. The van der Waals surface area contributed by atoms with Gasteiger partial charge in [-0.15, -0.1) is 0 Å². The van der Waals surface area contributed by atoms with E-state index in [9.17, 15) is 9.65 Å². The van der Waals surface area contributed by atoms with Crippen LogP contribution in [0, 0.1) is 17.1 Å². The van der Waals surface area contributed by atoms with E-state index in [4.69, 9.17) is 41.0 Å². The molecule has 0 radical (unpaired) electrons. The van der Waals surface area contributed by atoms with Gasteiger partial charge in [0.1, 0.15) is 29.8 Å². The molecule has 0 saturated carbocycles. The van der Waals surface area contributed by atoms with E-state index < -0.39 is 5.92 Å². The van der Waals surface area contributed by atoms with Gasteiger partial charge >= 0.3 is 0 Å². The molecule has 7 nitrogen and oxygen atoms in total. The molecule has 0 fully saturated rings. The van der Waals surface area contributed by atoms with Crippen molar-refractivity contribution in [2.45, 2.75) is 12.5 Å². The lowest BCUT2D eigenvalue weighted by atomic mass is 9.83. The second kappa shape index (κ2) is 8.69. The van der Waals surface area contributed by atoms with E-state index in [2.05, 4.69) is 6.07 Å². The van der Waals surface area contributed by atoms with E-state index in [1.54, 1.807) is 36.4 Å². The topological polar surface area (TPSA) is 96.0 Å². The summed E-state index contributed by atoms with van der Waals surface area (Å²) in [6.07, 6.45) is 0. The van der Waals surface area contributed by atoms with Gasteiger partial charge in [0.2, 0.25) is 12.7 Å². The van der Waals surface area contributed by atoms with E-state index >= 15 is 0 Å². The van der Waals surface area contributed by atoms with Gasteiger partial charge in [0.25, 0.3) is 0 Å². The number of benzene rings is 3. The molecule has 0 bridgehead atoms. The van der Waals surface area contributed by atoms with E-state index in [0.717, 1.165) is 0 Å². The molecular weight excluding hydrogens is 463 g/mol. The minimum Gasteiger partial charge on any atom is -0.493 e. The van der Waals surface area contributed by atoms with Crippen LogP contribution in [0.4, 0.5) is 4.39 Å². The second-order valence-corrected chi connectivity index (χ2v) is 8.03. The summed E-state index contributed by atoms with van der Waals surface area (Å²) in [5.74, 6) is 1.20. The fourth-order valence-corrected chi connectivity index (χ4v) is 4.29. The molecule has 0 aromatic heterocycles. The van der Waals surface area contributed by atoms with Gasteiger partial charge in [0, 0.05) is 11.6 Å². The average molecular weight is 481 g/mol. The molecule has 172 valence electrons. The van der Waals surface area contributed by atoms with E-state index in [1.165, 1.54) is 19.2 Å². The minimum absolute atomic E-state index is 0.0135. The zero-order valence-corrected chi connectivity index (χ0v) is 18.7. The maximum atomic E-state index is 13.5. The number of methoxy groups -OCH3 is 1. The van der Waals surface area contributed by atoms with Crippen LogP contribution in [0.5, 0.6) is 28.7 Å². The lowest BCUT2D eigenvalue weighted by Crippen LogP contribution is -2.21. The maximum absolute atomic E-state index is 13.5. The molecule has 2 aliphatic heterocycles. The molecular formula is C25H18ClFN2O5. The first-order valence-electron chi connectivity index (χ1n) is 10.2. The highest BCUT2D eigenvalue weighted by atomic mass is 35.5. The number of nitrogens with zero attached hydrogens (tertiary/aromatic N) is 1. The van der Waals surface area contributed by atoms with Crippen LogP contribution in [0.2, 0.25) is 5.02 Å². The van der Waals surface area contributed by atoms with Gasteiger partial charge in [-0.25, -0.2) is 4.39 Å². The molecule has 0 aliphatic carbocycles. The predicted octanol–water partition coefficient (Wildman–Crippen LogP) is 5.01. The zero-order valence-electron chi connectivity index (χ0n) is 17.9. The molecule has 1 atom stereocenters. The van der Waals surface area contributed by atoms with Gasteiger partial charge in [-0.05, 0) is 41.5 Å². The number of allylic oxidation sites excluding steroid dienone is 1. The standard InChI is InChI=1S/C25H18ClFN2O5/c1-30-22-7-14(6-18(26)24(22)31-11-13-3-2-4-15(27)5-13)23-16-8-20-21(33-12-32-20)9-19(16)34-25(29)17(23)10-28/h2-9,23H,11-12,29H2,1H3/t23-/m0/s1. The summed E-state index contributed by atoms with van der Waals surface area (Å²) in [4.78, 5) is 0. The molecule has 2 aliphatic rings. The highest BCUT2D eigenvalue weighted by Crippen LogP contribution is 2.50. The Morgan fingerprint density at radius 3 is 2.68 bits per heavy atom. The lowest BCUT2D eigenvalue weighted by molar-refractivity contribution is 0.174. The summed E-state index contributed by atoms with van der Waals surface area (Å²) in [6, 6.07) is 15.1. The van der Waals surface area contributed by atoms with Gasteiger partial charge < -0.3 is 29.4 Å². The van der Waals surface area contributed by atoms with Crippen molar-refractivity contribution < 1.29 is 28.1 Å². The molecule has 0 amide bonds. The predicted molar refractivity (Wildman–Crippen MR) is 121 cm³/mol. The summed E-state index contributed by atoms with van der Waals surface area (Å²) in [5, 5.41) is 10.1. The maximum Gasteiger partial charge on any atom is 0.231 e. The first kappa shape index (κ1) is 21.7. The number of hydrogen-bond acceptors (Lipinski definition) is 7. The smallest absolute Gasteiger partial charge is 0.231 e. The Hall–Kier alpha value is -4.09. The number of rotatable bonds is 5. The Morgan fingerprint density at radius 2 is 1.94 bits per heavy atom. The van der Waals surface area contributed by atoms with Crippen LogP contribution in [0.1, 0.15) is 22.6 Å². The molecule has 2 heterocycles. The molecule has 3 aromatic carbocycles. The Labute approximate surface area is 199 Å². The van der Waals surface area contributed by atoms with Crippen LogP contribution in [-0.2, 0) is 6.61 Å². The molecule has 0 saturated heterocycles. The second-order valence-electron chi connectivity index (χ2n) is 7.62. The fourth-order valence-electron chi connectivity index (χ4n) is 4.02. The van der Waals surface area contributed by atoms with Crippen molar-refractivity contribution in [3.63, 3.8) is 0 Å². The van der Waals surface area contributed by atoms with Crippen LogP contribution < -0.4 is 29.4 Å². The number of hydrogen-bond donors (Lipinski definition) is 1. The first-order valence-corrected chi connectivity index (χ1v) is 10.6. The van der Waals surface area contributed by atoms with E-state index in [1.807, 2.05) is 0 Å². The Bertz CT molecular complexity index is 1370. The average Bonchev–Trinajstić information content (AvgIpc) is 3.28. The quantitative estimate of drug-likeness (QED) is 0.548. The Morgan fingerprint density at radius 1 is 1.15 bits per heavy atom. The van der Waals surface area contributed by atoms with Crippen molar-refractivity contribution in [1.29, 1.82) is 5.26 Å². The van der Waals surface area contributed by atoms with Crippen LogP contribution >= 0.6 is 11.6 Å². The number of fused-ring (bicyclic) bond motifs is 2. The molecule has 2 N–H and O–H groups in total. The minimum atomic E-state index is -0.591. The Kier molecular flexibility index (Phi) is 5.56. The highest BCUT2D eigenvalue weighted by Gasteiger charge is 2.34. The third-order valence-electron chi connectivity index (χ3n) is 5.57. The van der Waals surface area contributed by atoms with Crippen molar-refractivity contribution in [1.82, 2.24) is 0 Å². The summed E-state index contributed by atoms with van der Waals surface area (Å²) >= 11 is 6.59. The van der Waals surface area contributed by atoms with Gasteiger partial charge in [0.15, 0.2) is 23.0 Å². The number of nitriles is 1. The number of halogens is 2. The third-order valence-corrected chi connectivity index (χ3v) is 5.85. The zero-order chi connectivity index (χ0) is 23.8. The molecule has 3 aromatic rings. The fraction of sp³-hybridized carbons (Fsp3) is 0.160. The van der Waals surface area contributed by atoms with Crippen molar-refractivity contribution in [3.8, 4) is 34.8 Å². The molecule has 0 unspecified atom stereocenters. The van der Waals surface area contributed by atoms with Crippen molar-refractivity contribution >= 4 is 11.6 Å². The number of ether oxygens (including phenoxy) is 5. The summed E-state index contributed by atoms with van der Waals surface area (Å²) in [7, 11) is 1.48. The molecule has 9 heteroatoms. The Balaban J connectivity index is 1.56. The summed E-state index contributed by atoms with van der Waals surface area (Å²) in [5.41, 5.74) is 8.25. The van der Waals surface area contributed by atoms with Crippen LogP contribution in [0.3, 0.4) is 0 Å². The van der Waals surface area contributed by atoms with E-state index in [-0.39, 0.29) is 35.7 Å². The van der Waals surface area contributed by atoms with Crippen LogP contribution in [0.25, 0.3) is 0 Å². The number of nitrogens with two attached hydrogens (primary N) is 1. The van der Waals surface area contributed by atoms with Crippen molar-refractivity contribution in [2.75, 3.05) is 13.9 Å². The largest absolute Gasteiger partial charge is 0.493 e. The van der Waals surface area contributed by atoms with Crippen LogP contribution in [-0.4, -0.2) is 13.9 Å². The van der Waals surface area contributed by atoms with E-state index in [0.29, 0.717) is 45.4 Å². The highest BCUT2D eigenvalue weighted by molar-refractivity contribution is 6.32. The van der Waals surface area contributed by atoms with Crippen LogP contribution in [0.15, 0.2) is 60.0 Å². The lowest BCUT2D eigenvalue weighted by Gasteiger charge is -2.27. The summed E-state index contributed by atoms with van der Waals surface area (Å²) in [6.45, 7) is 0.182. The normalized spacial score (nSPS) is 15.9. The van der Waals surface area contributed by atoms with Gasteiger partial charge in [-0.2, -0.15) is 5.26 Å². The van der Waals surface area contributed by atoms with Crippen molar-refractivity contribution in [3.05, 3.63) is 87.5 Å². The van der Waals surface area contributed by atoms with Gasteiger partial charge in [-0.1, -0.05) is 23.7 Å². The SMILES string of the molecule is COc1cc([C@@H]2C(C#N)=C(N)Oc3cc4c(cc32)OCO4)cc(Cl)c1OCc1cccc(F)c1. The van der Waals surface area contributed by atoms with Gasteiger partial charge in [-0.3, -0.25) is 0 Å².